The molecule has 1 saturated carbocycles. The number of aryl methyl sites for hydroxylation is 1. The topological polar surface area (TPSA) is 77.5 Å². The number of pyridine rings is 1. The Morgan fingerprint density at radius 1 is 1.16 bits per heavy atom. The number of urea groups is 1. The van der Waals surface area contributed by atoms with Crippen molar-refractivity contribution < 1.29 is 9.90 Å². The first-order valence-electron chi connectivity index (χ1n) is 9.51. The van der Waals surface area contributed by atoms with Crippen LogP contribution in [0.15, 0.2) is 12.1 Å². The molecule has 1 aromatic rings. The Morgan fingerprint density at radius 3 is 2.60 bits per heavy atom. The van der Waals surface area contributed by atoms with Crippen LogP contribution in [0.1, 0.15) is 56.2 Å². The molecule has 3 rings (SSSR count). The van der Waals surface area contributed by atoms with E-state index in [0.29, 0.717) is 13.1 Å². The van der Waals surface area contributed by atoms with Crippen molar-refractivity contribution >= 4 is 11.8 Å². The van der Waals surface area contributed by atoms with Crippen LogP contribution in [0.4, 0.5) is 10.6 Å². The van der Waals surface area contributed by atoms with Gasteiger partial charge in [-0.15, -0.1) is 0 Å². The zero-order valence-electron chi connectivity index (χ0n) is 15.2. The first-order chi connectivity index (χ1) is 12.1. The van der Waals surface area contributed by atoms with Crippen molar-refractivity contribution in [1.29, 1.82) is 0 Å². The molecule has 6 heteroatoms. The van der Waals surface area contributed by atoms with E-state index in [1.165, 1.54) is 19.3 Å². The Kier molecular flexibility index (Phi) is 5.78. The molecule has 0 bridgehead atoms. The lowest BCUT2D eigenvalue weighted by molar-refractivity contribution is 0.00719. The predicted molar refractivity (Wildman–Crippen MR) is 98.7 cm³/mol. The summed E-state index contributed by atoms with van der Waals surface area (Å²) in [4.78, 5) is 19.1. The molecule has 2 heterocycles. The highest BCUT2D eigenvalue weighted by molar-refractivity contribution is 5.74. The van der Waals surface area contributed by atoms with Gasteiger partial charge in [0.1, 0.15) is 5.82 Å². The lowest BCUT2D eigenvalue weighted by atomic mass is 9.85. The SMILES string of the molecule is Cc1ccc(CNC(=O)NCC2(O)CCCCC2)c(N2CCCC2)n1. The first-order valence-corrected chi connectivity index (χ1v) is 9.51. The molecule has 138 valence electrons. The smallest absolute Gasteiger partial charge is 0.315 e. The van der Waals surface area contributed by atoms with E-state index in [0.717, 1.165) is 55.8 Å². The fraction of sp³-hybridized carbons (Fsp3) is 0.684. The number of anilines is 1. The molecule has 0 atom stereocenters. The summed E-state index contributed by atoms with van der Waals surface area (Å²) in [6, 6.07) is 3.80. The van der Waals surface area contributed by atoms with Gasteiger partial charge in [0, 0.05) is 37.4 Å². The minimum absolute atomic E-state index is 0.230. The molecule has 2 fully saturated rings. The number of amides is 2. The number of rotatable bonds is 5. The van der Waals surface area contributed by atoms with Gasteiger partial charge < -0.3 is 20.6 Å². The summed E-state index contributed by atoms with van der Waals surface area (Å²) in [5.41, 5.74) is 1.30. The first kappa shape index (κ1) is 18.0. The second-order valence-electron chi connectivity index (χ2n) is 7.45. The van der Waals surface area contributed by atoms with Gasteiger partial charge in [0.15, 0.2) is 0 Å². The van der Waals surface area contributed by atoms with Crippen molar-refractivity contribution in [1.82, 2.24) is 15.6 Å². The van der Waals surface area contributed by atoms with Crippen molar-refractivity contribution in [3.05, 3.63) is 23.4 Å². The molecule has 0 spiro atoms. The van der Waals surface area contributed by atoms with E-state index < -0.39 is 5.60 Å². The lowest BCUT2D eigenvalue weighted by Gasteiger charge is -2.32. The predicted octanol–water partition coefficient (Wildman–Crippen LogP) is 2.48. The van der Waals surface area contributed by atoms with Crippen molar-refractivity contribution in [3.8, 4) is 0 Å². The van der Waals surface area contributed by atoms with Gasteiger partial charge in [-0.3, -0.25) is 0 Å². The number of nitrogens with zero attached hydrogens (tertiary/aromatic N) is 2. The molecule has 1 aliphatic heterocycles. The van der Waals surface area contributed by atoms with Crippen molar-refractivity contribution in [2.45, 2.75) is 64.0 Å². The average molecular weight is 346 g/mol. The highest BCUT2D eigenvalue weighted by Gasteiger charge is 2.29. The van der Waals surface area contributed by atoms with E-state index in [1.807, 2.05) is 19.1 Å². The third kappa shape index (κ3) is 4.84. The quantitative estimate of drug-likeness (QED) is 0.765. The van der Waals surface area contributed by atoms with Crippen LogP contribution in [0.25, 0.3) is 0 Å². The van der Waals surface area contributed by atoms with E-state index in [2.05, 4.69) is 20.5 Å². The highest BCUT2D eigenvalue weighted by Crippen LogP contribution is 2.27. The Bertz CT molecular complexity index is 593. The Hall–Kier alpha value is -1.82. The van der Waals surface area contributed by atoms with E-state index in [9.17, 15) is 9.90 Å². The average Bonchev–Trinajstić information content (AvgIpc) is 3.14. The second kappa shape index (κ2) is 8.04. The Balaban J connectivity index is 1.53. The molecular weight excluding hydrogens is 316 g/mol. The third-order valence-electron chi connectivity index (χ3n) is 5.30. The van der Waals surface area contributed by atoms with Crippen LogP contribution in [-0.2, 0) is 6.54 Å². The van der Waals surface area contributed by atoms with E-state index >= 15 is 0 Å². The van der Waals surface area contributed by atoms with Crippen LogP contribution >= 0.6 is 0 Å². The molecule has 0 radical (unpaired) electrons. The number of carbonyl (C=O) groups is 1. The van der Waals surface area contributed by atoms with Crippen molar-refractivity contribution in [2.75, 3.05) is 24.5 Å². The Morgan fingerprint density at radius 2 is 1.88 bits per heavy atom. The summed E-state index contributed by atoms with van der Waals surface area (Å²) >= 11 is 0. The van der Waals surface area contributed by atoms with Gasteiger partial charge in [0.05, 0.1) is 5.60 Å². The molecule has 25 heavy (non-hydrogen) atoms. The number of hydrogen-bond acceptors (Lipinski definition) is 4. The van der Waals surface area contributed by atoms with Crippen molar-refractivity contribution in [3.63, 3.8) is 0 Å². The maximum atomic E-state index is 12.1. The van der Waals surface area contributed by atoms with E-state index in [1.54, 1.807) is 0 Å². The van der Waals surface area contributed by atoms with Crippen LogP contribution in [0, 0.1) is 6.92 Å². The number of aliphatic hydroxyl groups is 1. The molecule has 2 aliphatic rings. The monoisotopic (exact) mass is 346 g/mol. The molecular formula is C19H30N4O2. The zero-order chi connectivity index (χ0) is 17.7. The van der Waals surface area contributed by atoms with Gasteiger partial charge in [-0.05, 0) is 38.7 Å². The molecule has 1 aromatic heterocycles. The van der Waals surface area contributed by atoms with Gasteiger partial charge in [-0.1, -0.05) is 25.3 Å². The highest BCUT2D eigenvalue weighted by atomic mass is 16.3. The largest absolute Gasteiger partial charge is 0.388 e. The van der Waals surface area contributed by atoms with Gasteiger partial charge in [-0.25, -0.2) is 9.78 Å². The Labute approximate surface area is 150 Å². The zero-order valence-corrected chi connectivity index (χ0v) is 15.2. The molecule has 6 nitrogen and oxygen atoms in total. The maximum Gasteiger partial charge on any atom is 0.315 e. The number of nitrogens with one attached hydrogen (secondary N) is 2. The fourth-order valence-electron chi connectivity index (χ4n) is 3.78. The summed E-state index contributed by atoms with van der Waals surface area (Å²) in [7, 11) is 0. The normalized spacial score (nSPS) is 19.7. The number of aromatic nitrogens is 1. The van der Waals surface area contributed by atoms with Crippen LogP contribution < -0.4 is 15.5 Å². The van der Waals surface area contributed by atoms with Crippen LogP contribution in [-0.4, -0.2) is 41.4 Å². The standard InChI is InChI=1S/C19H30N4O2/c1-15-7-8-16(17(22-15)23-11-5-6-12-23)13-20-18(24)21-14-19(25)9-3-2-4-10-19/h7-8,25H,2-6,9-14H2,1H3,(H2,20,21,24). The fourth-order valence-corrected chi connectivity index (χ4v) is 3.78. The van der Waals surface area contributed by atoms with E-state index in [4.69, 9.17) is 0 Å². The van der Waals surface area contributed by atoms with Crippen molar-refractivity contribution in [2.24, 2.45) is 0 Å². The number of hydrogen-bond donors (Lipinski definition) is 3. The molecule has 2 amide bonds. The molecule has 0 aromatic carbocycles. The van der Waals surface area contributed by atoms with Gasteiger partial charge in [0.2, 0.25) is 0 Å². The van der Waals surface area contributed by atoms with Gasteiger partial charge in [0.25, 0.3) is 0 Å². The summed E-state index contributed by atoms with van der Waals surface area (Å²) in [5, 5.41) is 16.2. The molecule has 1 aliphatic carbocycles. The van der Waals surface area contributed by atoms with E-state index in [-0.39, 0.29) is 6.03 Å². The minimum Gasteiger partial charge on any atom is -0.388 e. The number of carbonyl (C=O) groups excluding carboxylic acids is 1. The molecule has 1 saturated heterocycles. The minimum atomic E-state index is -0.734. The maximum absolute atomic E-state index is 12.1. The van der Waals surface area contributed by atoms with Crippen LogP contribution in [0.2, 0.25) is 0 Å². The summed E-state index contributed by atoms with van der Waals surface area (Å²) in [6.07, 6.45) is 7.18. The summed E-state index contributed by atoms with van der Waals surface area (Å²) in [5.74, 6) is 0.990. The van der Waals surface area contributed by atoms with Crippen LogP contribution in [0.5, 0.6) is 0 Å². The molecule has 3 N–H and O–H groups in total. The summed E-state index contributed by atoms with van der Waals surface area (Å²) in [6.45, 7) is 4.83. The van der Waals surface area contributed by atoms with Gasteiger partial charge in [-0.2, -0.15) is 0 Å². The summed E-state index contributed by atoms with van der Waals surface area (Å²) < 4.78 is 0. The lowest BCUT2D eigenvalue weighted by Crippen LogP contribution is -2.47. The second-order valence-corrected chi connectivity index (χ2v) is 7.45. The third-order valence-corrected chi connectivity index (χ3v) is 5.30. The van der Waals surface area contributed by atoms with Gasteiger partial charge >= 0.3 is 6.03 Å². The molecule has 0 unspecified atom stereocenters. The van der Waals surface area contributed by atoms with Crippen LogP contribution in [0.3, 0.4) is 0 Å².